The number of halogens is 1. The summed E-state index contributed by atoms with van der Waals surface area (Å²) in [6.07, 6.45) is -0.544. The molecule has 1 aromatic carbocycles. The minimum absolute atomic E-state index is 0.0210. The van der Waals surface area contributed by atoms with Crippen LogP contribution in [0.15, 0.2) is 35.7 Å². The molecule has 4 rings (SSSR count). The highest BCUT2D eigenvalue weighted by Crippen LogP contribution is 2.32. The summed E-state index contributed by atoms with van der Waals surface area (Å²) in [5, 5.41) is 14.1. The molecule has 3 aromatic rings. The molecule has 2 atom stereocenters. The number of nitrogens with zero attached hydrogens (tertiary/aromatic N) is 9. The predicted octanol–water partition coefficient (Wildman–Crippen LogP) is 2.94. The Labute approximate surface area is 194 Å². The number of fused-ring (bicyclic) bond motifs is 1. The van der Waals surface area contributed by atoms with Gasteiger partial charge < -0.3 is 14.0 Å². The topological polar surface area (TPSA) is 191 Å². The summed E-state index contributed by atoms with van der Waals surface area (Å²) in [5.41, 5.74) is 9.16. The molecule has 0 unspecified atom stereocenters. The number of rotatable bonds is 6. The molecule has 35 heavy (non-hydrogen) atoms. The van der Waals surface area contributed by atoms with E-state index in [2.05, 4.69) is 25.0 Å². The van der Waals surface area contributed by atoms with Gasteiger partial charge >= 0.3 is 18.1 Å². The third kappa shape index (κ3) is 4.63. The number of imidazole rings is 1. The molecule has 15 nitrogen and oxygen atoms in total. The van der Waals surface area contributed by atoms with E-state index in [1.165, 1.54) is 47.2 Å². The third-order valence-electron chi connectivity index (χ3n) is 5.40. The lowest BCUT2D eigenvalue weighted by Crippen LogP contribution is -2.41. The van der Waals surface area contributed by atoms with Crippen LogP contribution < -0.4 is 0 Å². The highest BCUT2D eigenvalue weighted by molar-refractivity contribution is 5.83. The van der Waals surface area contributed by atoms with Gasteiger partial charge in [0.2, 0.25) is 0 Å². The second kappa shape index (κ2) is 9.56. The molecule has 0 saturated carbocycles. The number of aromatic nitrogens is 4. The van der Waals surface area contributed by atoms with Crippen LogP contribution in [0.4, 0.5) is 20.7 Å². The van der Waals surface area contributed by atoms with E-state index in [9.17, 15) is 24.1 Å². The Kier molecular flexibility index (Phi) is 6.37. The van der Waals surface area contributed by atoms with Crippen LogP contribution in [-0.4, -0.2) is 61.1 Å². The quantitative estimate of drug-likeness (QED) is 0.0960. The number of azide groups is 1. The molecular weight excluding hydrogens is 469 g/mol. The van der Waals surface area contributed by atoms with Crippen molar-refractivity contribution < 1.29 is 28.4 Å². The lowest BCUT2D eigenvalue weighted by Gasteiger charge is -2.21. The first-order valence-electron chi connectivity index (χ1n) is 10.0. The summed E-state index contributed by atoms with van der Waals surface area (Å²) in [6, 6.07) is 3.88. The van der Waals surface area contributed by atoms with E-state index in [4.69, 9.17) is 15.0 Å². The van der Waals surface area contributed by atoms with Crippen LogP contribution in [0.25, 0.3) is 21.6 Å². The summed E-state index contributed by atoms with van der Waals surface area (Å²) < 4.78 is 25.5. The van der Waals surface area contributed by atoms with Crippen LogP contribution in [-0.2, 0) is 20.9 Å². The highest BCUT2D eigenvalue weighted by atomic mass is 19.1. The average molecular weight is 485 g/mol. The van der Waals surface area contributed by atoms with Crippen LogP contribution in [0.2, 0.25) is 0 Å². The van der Waals surface area contributed by atoms with E-state index >= 15 is 0 Å². The number of nitro benzene ring substituents is 1. The third-order valence-corrected chi connectivity index (χ3v) is 5.40. The number of hydrogen-bond acceptors (Lipinski definition) is 10. The fourth-order valence-electron chi connectivity index (χ4n) is 3.77. The Balaban J connectivity index is 1.55. The number of non-ortho nitro benzene ring substituents is 1. The van der Waals surface area contributed by atoms with Crippen molar-refractivity contribution in [1.82, 2.24) is 24.4 Å². The molecule has 1 aliphatic heterocycles. The van der Waals surface area contributed by atoms with Crippen molar-refractivity contribution in [2.45, 2.75) is 25.1 Å². The van der Waals surface area contributed by atoms with Crippen molar-refractivity contribution in [1.29, 1.82) is 0 Å². The fraction of sp³-hybridized carbons (Fsp3) is 0.316. The van der Waals surface area contributed by atoms with E-state index in [-0.39, 0.29) is 42.2 Å². The Bertz CT molecular complexity index is 1350. The van der Waals surface area contributed by atoms with Crippen molar-refractivity contribution in [2.24, 2.45) is 5.11 Å². The maximum Gasteiger partial charge on any atom is 0.410 e. The van der Waals surface area contributed by atoms with E-state index < -0.39 is 35.1 Å². The van der Waals surface area contributed by atoms with Crippen molar-refractivity contribution in [3.8, 4) is 0 Å². The van der Waals surface area contributed by atoms with Crippen molar-refractivity contribution >= 4 is 34.7 Å². The number of nitro groups is 1. The molecule has 0 N–H and O–H groups in total. The molecule has 1 saturated heterocycles. The van der Waals surface area contributed by atoms with Gasteiger partial charge in [-0.1, -0.05) is 0 Å². The van der Waals surface area contributed by atoms with Gasteiger partial charge in [-0.25, -0.2) is 14.6 Å². The van der Waals surface area contributed by atoms with Gasteiger partial charge in [-0.2, -0.15) is 14.4 Å². The molecule has 0 bridgehead atoms. The van der Waals surface area contributed by atoms with Crippen LogP contribution in [0, 0.1) is 16.2 Å². The largest absolute Gasteiger partial charge is 0.467 e. The average Bonchev–Trinajstić information content (AvgIpc) is 3.47. The SMILES string of the molecule is COC(=O)[C@H]1C[C@H](n2cnc3c(N=[N+]=[N-])nc(F)nc32)CN1C(=O)OCc1ccc([N+](=O)[O-])cc1. The molecule has 180 valence electrons. The van der Waals surface area contributed by atoms with Gasteiger partial charge in [0.15, 0.2) is 11.5 Å². The summed E-state index contributed by atoms with van der Waals surface area (Å²) >= 11 is 0. The minimum atomic E-state index is -1.14. The van der Waals surface area contributed by atoms with Gasteiger partial charge in [-0.05, 0) is 28.3 Å². The van der Waals surface area contributed by atoms with Crippen molar-refractivity contribution in [3.63, 3.8) is 0 Å². The predicted molar refractivity (Wildman–Crippen MR) is 114 cm³/mol. The zero-order chi connectivity index (χ0) is 25.1. The minimum Gasteiger partial charge on any atom is -0.467 e. The maximum absolute atomic E-state index is 13.9. The first-order chi connectivity index (χ1) is 16.8. The molecule has 16 heteroatoms. The Morgan fingerprint density at radius 2 is 2.09 bits per heavy atom. The van der Waals surface area contributed by atoms with Crippen LogP contribution in [0.3, 0.4) is 0 Å². The molecule has 0 radical (unpaired) electrons. The summed E-state index contributed by atoms with van der Waals surface area (Å²) in [5.74, 6) is -0.976. The maximum atomic E-state index is 13.9. The molecule has 3 heterocycles. The number of likely N-dealkylation sites (tertiary alicyclic amines) is 1. The Morgan fingerprint density at radius 3 is 2.74 bits per heavy atom. The van der Waals surface area contributed by atoms with Gasteiger partial charge in [0.1, 0.15) is 18.2 Å². The number of hydrogen-bond donors (Lipinski definition) is 0. The summed E-state index contributed by atoms with van der Waals surface area (Å²) in [7, 11) is 1.18. The molecular formula is C19H16FN9O6. The van der Waals surface area contributed by atoms with Crippen molar-refractivity contribution in [2.75, 3.05) is 13.7 Å². The molecule has 1 amide bonds. The number of esters is 1. The zero-order valence-corrected chi connectivity index (χ0v) is 18.0. The van der Waals surface area contributed by atoms with Crippen LogP contribution in [0.1, 0.15) is 18.0 Å². The first kappa shape index (κ1) is 23.3. The zero-order valence-electron chi connectivity index (χ0n) is 18.0. The molecule has 1 fully saturated rings. The van der Waals surface area contributed by atoms with Gasteiger partial charge in [0.25, 0.3) is 5.69 Å². The van der Waals surface area contributed by atoms with E-state index in [0.717, 1.165) is 0 Å². The van der Waals surface area contributed by atoms with E-state index in [1.807, 2.05) is 0 Å². The monoisotopic (exact) mass is 485 g/mol. The Morgan fingerprint density at radius 1 is 1.34 bits per heavy atom. The van der Waals surface area contributed by atoms with Gasteiger partial charge in [-0.15, -0.1) is 0 Å². The molecule has 0 aliphatic carbocycles. The van der Waals surface area contributed by atoms with Crippen LogP contribution in [0.5, 0.6) is 0 Å². The molecule has 0 spiro atoms. The first-order valence-corrected chi connectivity index (χ1v) is 10.0. The smallest absolute Gasteiger partial charge is 0.410 e. The normalized spacial score (nSPS) is 17.1. The summed E-state index contributed by atoms with van der Waals surface area (Å²) in [6.45, 7) is -0.208. The Hall–Kier alpha value is -4.85. The van der Waals surface area contributed by atoms with Crippen molar-refractivity contribution in [3.05, 3.63) is 62.8 Å². The lowest BCUT2D eigenvalue weighted by molar-refractivity contribution is -0.384. The number of amides is 1. The highest BCUT2D eigenvalue weighted by Gasteiger charge is 2.42. The standard InChI is InChI=1S/C19H16FN9O6/c1-34-17(30)13-6-12(28-9-22-14-15(25-26-21)23-18(20)24-16(14)28)7-27(13)19(31)35-8-10-2-4-11(5-3-10)29(32)33/h2-5,9,12-13H,6-8H2,1H3/t12-,13+/m0/s1. The van der Waals surface area contributed by atoms with Gasteiger partial charge in [-0.3, -0.25) is 15.0 Å². The second-order valence-electron chi connectivity index (χ2n) is 7.39. The van der Waals surface area contributed by atoms with E-state index in [1.54, 1.807) is 0 Å². The molecule has 2 aromatic heterocycles. The second-order valence-corrected chi connectivity index (χ2v) is 7.39. The number of carbonyl (C=O) groups excluding carboxylic acids is 2. The lowest BCUT2D eigenvalue weighted by atomic mass is 10.1. The number of carbonyl (C=O) groups is 2. The fourth-order valence-corrected chi connectivity index (χ4v) is 3.77. The molecule has 1 aliphatic rings. The summed E-state index contributed by atoms with van der Waals surface area (Å²) in [4.78, 5) is 50.4. The number of ether oxygens (including phenoxy) is 2. The number of benzene rings is 1. The number of methoxy groups -OCH3 is 1. The van der Waals surface area contributed by atoms with Gasteiger partial charge in [0.05, 0.1) is 24.4 Å². The van der Waals surface area contributed by atoms with Crippen LogP contribution >= 0.6 is 0 Å². The van der Waals surface area contributed by atoms with E-state index in [0.29, 0.717) is 5.56 Å². The van der Waals surface area contributed by atoms with Gasteiger partial charge in [0, 0.05) is 30.0 Å².